The monoisotopic (exact) mass is 270 g/mol. The van der Waals surface area contributed by atoms with Gasteiger partial charge in [-0.15, -0.1) is 0 Å². The Morgan fingerprint density at radius 2 is 2.20 bits per heavy atom. The number of rotatable bonds is 4. The highest BCUT2D eigenvalue weighted by Gasteiger charge is 2.42. The third-order valence-corrected chi connectivity index (χ3v) is 5.57. The van der Waals surface area contributed by atoms with E-state index in [1.165, 1.54) is 36.8 Å². The van der Waals surface area contributed by atoms with E-state index in [1.54, 1.807) is 0 Å². The summed E-state index contributed by atoms with van der Waals surface area (Å²) < 4.78 is 5.53. The number of carbonyl (C=O) groups excluding carboxylic acids is 1. The molecule has 2 aliphatic carbocycles. The van der Waals surface area contributed by atoms with Crippen molar-refractivity contribution in [3.8, 4) is 5.75 Å². The van der Waals surface area contributed by atoms with Crippen molar-refractivity contribution in [2.75, 3.05) is 6.61 Å². The molecule has 106 valence electrons. The van der Waals surface area contributed by atoms with Crippen molar-refractivity contribution in [1.29, 1.82) is 0 Å². The van der Waals surface area contributed by atoms with Crippen LogP contribution in [0.4, 0.5) is 0 Å². The summed E-state index contributed by atoms with van der Waals surface area (Å²) in [5.41, 5.74) is 2.61. The van der Waals surface area contributed by atoms with Gasteiger partial charge in [-0.2, -0.15) is 0 Å². The lowest BCUT2D eigenvalue weighted by molar-refractivity contribution is -0.124. The highest BCUT2D eigenvalue weighted by molar-refractivity contribution is 5.82. The first-order valence-corrected chi connectivity index (χ1v) is 8.07. The molecule has 2 bridgehead atoms. The van der Waals surface area contributed by atoms with Gasteiger partial charge in [0, 0.05) is 18.8 Å². The Bertz CT molecular complexity index is 534. The first-order valence-electron chi connectivity index (χ1n) is 8.07. The lowest BCUT2D eigenvalue weighted by atomic mass is 9.84. The van der Waals surface area contributed by atoms with E-state index in [4.69, 9.17) is 4.74 Å². The molecule has 20 heavy (non-hydrogen) atoms. The van der Waals surface area contributed by atoms with Crippen LogP contribution in [-0.2, 0) is 17.6 Å². The van der Waals surface area contributed by atoms with Crippen LogP contribution < -0.4 is 4.74 Å². The minimum absolute atomic E-state index is 0.395. The molecule has 3 atom stereocenters. The second-order valence-corrected chi connectivity index (χ2v) is 6.79. The van der Waals surface area contributed by atoms with E-state index in [0.717, 1.165) is 43.5 Å². The average Bonchev–Trinajstić information content (AvgIpc) is 3.19. The lowest BCUT2D eigenvalue weighted by Crippen LogP contribution is -2.21. The Morgan fingerprint density at radius 1 is 1.25 bits per heavy atom. The molecule has 2 heteroatoms. The Morgan fingerprint density at radius 3 is 3.00 bits per heavy atom. The molecule has 0 N–H and O–H groups in total. The number of ketones is 1. The predicted octanol–water partition coefficient (Wildman–Crippen LogP) is 3.56. The van der Waals surface area contributed by atoms with Crippen molar-refractivity contribution in [3.05, 3.63) is 29.3 Å². The van der Waals surface area contributed by atoms with Gasteiger partial charge in [-0.25, -0.2) is 0 Å². The Balaban J connectivity index is 1.37. The fourth-order valence-corrected chi connectivity index (χ4v) is 4.49. The lowest BCUT2D eigenvalue weighted by Gasteiger charge is -2.20. The maximum Gasteiger partial charge on any atom is 0.136 e. The quantitative estimate of drug-likeness (QED) is 0.836. The summed E-state index contributed by atoms with van der Waals surface area (Å²) in [5, 5.41) is 0. The second-order valence-electron chi connectivity index (χ2n) is 6.79. The van der Waals surface area contributed by atoms with Gasteiger partial charge in [0.05, 0.1) is 6.61 Å². The van der Waals surface area contributed by atoms with Crippen molar-refractivity contribution in [2.45, 2.75) is 44.9 Å². The number of hydrogen-bond acceptors (Lipinski definition) is 2. The van der Waals surface area contributed by atoms with Crippen LogP contribution in [0.1, 0.15) is 43.2 Å². The highest BCUT2D eigenvalue weighted by Crippen LogP contribution is 2.48. The fraction of sp³-hybridized carbons (Fsp3) is 0.611. The van der Waals surface area contributed by atoms with Gasteiger partial charge in [-0.05, 0) is 54.7 Å². The third-order valence-electron chi connectivity index (χ3n) is 5.57. The summed E-state index contributed by atoms with van der Waals surface area (Å²) in [7, 11) is 0. The summed E-state index contributed by atoms with van der Waals surface area (Å²) in [6.45, 7) is 0.808. The first-order chi connectivity index (χ1) is 9.79. The maximum atomic E-state index is 12.4. The molecule has 1 aromatic carbocycles. The first kappa shape index (κ1) is 12.4. The molecule has 0 aromatic heterocycles. The summed E-state index contributed by atoms with van der Waals surface area (Å²) in [6.07, 6.45) is 7.83. The van der Waals surface area contributed by atoms with E-state index in [0.29, 0.717) is 11.7 Å². The van der Waals surface area contributed by atoms with Gasteiger partial charge >= 0.3 is 0 Å². The molecule has 0 amide bonds. The molecule has 3 aliphatic rings. The average molecular weight is 270 g/mol. The van der Waals surface area contributed by atoms with E-state index < -0.39 is 0 Å². The van der Waals surface area contributed by atoms with E-state index in [2.05, 4.69) is 18.2 Å². The van der Waals surface area contributed by atoms with Gasteiger partial charge in [0.1, 0.15) is 11.5 Å². The van der Waals surface area contributed by atoms with Crippen molar-refractivity contribution < 1.29 is 9.53 Å². The van der Waals surface area contributed by atoms with Crippen LogP contribution in [0.15, 0.2) is 18.2 Å². The number of hydrogen-bond donors (Lipinski definition) is 0. The fourth-order valence-electron chi connectivity index (χ4n) is 4.49. The number of ether oxygens (including phenoxy) is 1. The van der Waals surface area contributed by atoms with Crippen LogP contribution in [0.3, 0.4) is 0 Å². The number of fused-ring (bicyclic) bond motifs is 3. The minimum atomic E-state index is 0.395. The van der Waals surface area contributed by atoms with Gasteiger partial charge in [0.2, 0.25) is 0 Å². The maximum absolute atomic E-state index is 12.4. The van der Waals surface area contributed by atoms with Gasteiger partial charge in [0.15, 0.2) is 0 Å². The number of Topliss-reactive ketones (excluding diaryl/α,β-unsaturated/α-hetero) is 1. The molecule has 3 unspecified atom stereocenters. The molecular formula is C18H22O2. The van der Waals surface area contributed by atoms with Crippen LogP contribution >= 0.6 is 0 Å². The summed E-state index contributed by atoms with van der Waals surface area (Å²) in [5.74, 6) is 3.54. The zero-order valence-corrected chi connectivity index (χ0v) is 11.9. The third kappa shape index (κ3) is 2.15. The van der Waals surface area contributed by atoms with Crippen molar-refractivity contribution >= 4 is 5.78 Å². The topological polar surface area (TPSA) is 26.3 Å². The molecule has 2 fully saturated rings. The van der Waals surface area contributed by atoms with Crippen molar-refractivity contribution in [1.82, 2.24) is 0 Å². The molecule has 1 aliphatic heterocycles. The van der Waals surface area contributed by atoms with Crippen LogP contribution in [0.25, 0.3) is 0 Å². The van der Waals surface area contributed by atoms with Gasteiger partial charge in [0.25, 0.3) is 0 Å². The van der Waals surface area contributed by atoms with Crippen LogP contribution in [0.2, 0.25) is 0 Å². The normalized spacial score (nSPS) is 30.3. The number of carbonyl (C=O) groups is 1. The smallest absolute Gasteiger partial charge is 0.136 e. The second kappa shape index (κ2) is 4.91. The van der Waals surface area contributed by atoms with E-state index in [-0.39, 0.29) is 0 Å². The highest BCUT2D eigenvalue weighted by atomic mass is 16.5. The molecule has 4 rings (SSSR count). The van der Waals surface area contributed by atoms with Gasteiger partial charge in [-0.3, -0.25) is 4.79 Å². The SMILES string of the molecule is O=C(CCc1ccc2c(c1)CCO2)C1CC2CCC1C2. The molecule has 0 saturated heterocycles. The van der Waals surface area contributed by atoms with Crippen LogP contribution in [0, 0.1) is 17.8 Å². The molecule has 0 spiro atoms. The number of aryl methyl sites for hydroxylation is 1. The molecule has 2 nitrogen and oxygen atoms in total. The van der Waals surface area contributed by atoms with Crippen molar-refractivity contribution in [2.24, 2.45) is 17.8 Å². The Labute approximate surface area is 120 Å². The van der Waals surface area contributed by atoms with Gasteiger partial charge in [-0.1, -0.05) is 18.6 Å². The molecule has 2 saturated carbocycles. The number of benzene rings is 1. The van der Waals surface area contributed by atoms with Crippen LogP contribution in [0.5, 0.6) is 5.75 Å². The molecule has 0 radical (unpaired) electrons. The van der Waals surface area contributed by atoms with E-state index in [1.807, 2.05) is 0 Å². The standard InChI is InChI=1S/C18H22O2/c19-17(16-11-13-1-4-14(16)10-13)5-2-12-3-6-18-15(9-12)7-8-20-18/h3,6,9,13-14,16H,1-2,4-5,7-8,10-11H2. The molecule has 1 aromatic rings. The molecular weight excluding hydrogens is 248 g/mol. The summed E-state index contributed by atoms with van der Waals surface area (Å²) in [4.78, 5) is 12.4. The summed E-state index contributed by atoms with van der Waals surface area (Å²) in [6, 6.07) is 6.42. The van der Waals surface area contributed by atoms with Gasteiger partial charge < -0.3 is 4.74 Å². The van der Waals surface area contributed by atoms with E-state index in [9.17, 15) is 4.79 Å². The Kier molecular flexibility index (Phi) is 3.05. The predicted molar refractivity (Wildman–Crippen MR) is 77.9 cm³/mol. The summed E-state index contributed by atoms with van der Waals surface area (Å²) >= 11 is 0. The zero-order chi connectivity index (χ0) is 13.5. The van der Waals surface area contributed by atoms with Crippen molar-refractivity contribution in [3.63, 3.8) is 0 Å². The molecule has 1 heterocycles. The largest absolute Gasteiger partial charge is 0.493 e. The Hall–Kier alpha value is -1.31. The van der Waals surface area contributed by atoms with Crippen LogP contribution in [-0.4, -0.2) is 12.4 Å². The minimum Gasteiger partial charge on any atom is -0.493 e. The van der Waals surface area contributed by atoms with E-state index >= 15 is 0 Å². The zero-order valence-electron chi connectivity index (χ0n) is 11.9.